The van der Waals surface area contributed by atoms with Gasteiger partial charge in [-0.25, -0.2) is 0 Å². The monoisotopic (exact) mass is 124 g/mol. The molecule has 0 aliphatic carbocycles. The van der Waals surface area contributed by atoms with Crippen LogP contribution in [0.2, 0.25) is 0 Å². The highest BCUT2D eigenvalue weighted by Crippen LogP contribution is 2.27. The molecule has 1 saturated heterocycles. The Morgan fingerprint density at radius 1 is 1.78 bits per heavy atom. The molecule has 0 aromatic heterocycles. The van der Waals surface area contributed by atoms with E-state index in [0.29, 0.717) is 12.2 Å². The predicted octanol–water partition coefficient (Wildman–Crippen LogP) is 1.25. The highest BCUT2D eigenvalue weighted by molar-refractivity contribution is 5.82. The number of hydrogen-bond acceptors (Lipinski definition) is 2. The molecule has 1 aliphatic heterocycles. The first kappa shape index (κ1) is 6.08. The average Bonchev–Trinajstić information content (AvgIpc) is 1.84. The minimum atomic E-state index is -0.181. The topological polar surface area (TPSA) is 26.3 Å². The molecule has 1 unspecified atom stereocenters. The van der Waals surface area contributed by atoms with Gasteiger partial charge in [0.25, 0.3) is 0 Å². The van der Waals surface area contributed by atoms with E-state index in [4.69, 9.17) is 0 Å². The number of esters is 1. The SMILES string of the molecule is C=CCC1C(=C)OC1=O. The van der Waals surface area contributed by atoms with E-state index in [1.54, 1.807) is 6.08 Å². The van der Waals surface area contributed by atoms with Crippen molar-refractivity contribution in [3.05, 3.63) is 25.0 Å². The summed E-state index contributed by atoms with van der Waals surface area (Å²) < 4.78 is 4.52. The Balaban J connectivity index is 2.48. The number of carbonyl (C=O) groups excluding carboxylic acids is 1. The number of cyclic esters (lactones) is 1. The third-order valence-electron chi connectivity index (χ3n) is 1.31. The van der Waals surface area contributed by atoms with Crippen LogP contribution in [0, 0.1) is 5.92 Å². The fraction of sp³-hybridized carbons (Fsp3) is 0.286. The van der Waals surface area contributed by atoms with E-state index in [9.17, 15) is 4.79 Å². The number of ether oxygens (including phenoxy) is 1. The van der Waals surface area contributed by atoms with Crippen LogP contribution in [0.1, 0.15) is 6.42 Å². The van der Waals surface area contributed by atoms with Crippen LogP contribution < -0.4 is 0 Å². The fourth-order valence-corrected chi connectivity index (χ4v) is 0.739. The lowest BCUT2D eigenvalue weighted by molar-refractivity contribution is -0.156. The molecule has 0 aromatic carbocycles. The van der Waals surface area contributed by atoms with Gasteiger partial charge >= 0.3 is 5.97 Å². The van der Waals surface area contributed by atoms with Gasteiger partial charge in [0.2, 0.25) is 0 Å². The maximum absolute atomic E-state index is 10.5. The van der Waals surface area contributed by atoms with Crippen LogP contribution in [0.5, 0.6) is 0 Å². The van der Waals surface area contributed by atoms with Gasteiger partial charge in [-0.2, -0.15) is 0 Å². The summed E-state index contributed by atoms with van der Waals surface area (Å²) in [6, 6.07) is 0. The lowest BCUT2D eigenvalue weighted by Crippen LogP contribution is -2.30. The molecular formula is C7H8O2. The van der Waals surface area contributed by atoms with E-state index in [1.165, 1.54) is 0 Å². The van der Waals surface area contributed by atoms with Crippen molar-refractivity contribution in [2.24, 2.45) is 5.92 Å². The maximum atomic E-state index is 10.5. The van der Waals surface area contributed by atoms with Crippen molar-refractivity contribution in [1.82, 2.24) is 0 Å². The van der Waals surface area contributed by atoms with Gasteiger partial charge in [0, 0.05) is 0 Å². The summed E-state index contributed by atoms with van der Waals surface area (Å²) in [6.07, 6.45) is 2.34. The highest BCUT2D eigenvalue weighted by Gasteiger charge is 2.34. The first-order valence-corrected chi connectivity index (χ1v) is 2.77. The van der Waals surface area contributed by atoms with Gasteiger partial charge in [-0.1, -0.05) is 12.7 Å². The Hall–Kier alpha value is -1.05. The van der Waals surface area contributed by atoms with Crippen LogP contribution in [0.3, 0.4) is 0 Å². The van der Waals surface area contributed by atoms with Crippen LogP contribution in [-0.2, 0) is 9.53 Å². The van der Waals surface area contributed by atoms with Crippen molar-refractivity contribution < 1.29 is 9.53 Å². The molecule has 2 nitrogen and oxygen atoms in total. The van der Waals surface area contributed by atoms with Crippen molar-refractivity contribution in [2.75, 3.05) is 0 Å². The zero-order valence-electron chi connectivity index (χ0n) is 5.09. The summed E-state index contributed by atoms with van der Waals surface area (Å²) in [6.45, 7) is 7.02. The molecular weight excluding hydrogens is 116 g/mol. The number of carbonyl (C=O) groups is 1. The number of hydrogen-bond donors (Lipinski definition) is 0. The molecule has 1 rings (SSSR count). The third kappa shape index (κ3) is 0.875. The summed E-state index contributed by atoms with van der Waals surface area (Å²) in [7, 11) is 0. The summed E-state index contributed by atoms with van der Waals surface area (Å²) in [4.78, 5) is 10.5. The van der Waals surface area contributed by atoms with Crippen molar-refractivity contribution >= 4 is 5.97 Å². The summed E-state index contributed by atoms with van der Waals surface area (Å²) in [5, 5.41) is 0. The largest absolute Gasteiger partial charge is 0.430 e. The number of allylic oxidation sites excluding steroid dienone is 1. The second-order valence-electron chi connectivity index (χ2n) is 1.96. The second-order valence-corrected chi connectivity index (χ2v) is 1.96. The molecule has 1 atom stereocenters. The molecule has 0 aromatic rings. The van der Waals surface area contributed by atoms with E-state index in [0.717, 1.165) is 0 Å². The summed E-state index contributed by atoms with van der Waals surface area (Å²) in [5.74, 6) is 0.280. The molecule has 2 heteroatoms. The smallest absolute Gasteiger partial charge is 0.322 e. The molecule has 0 saturated carbocycles. The van der Waals surface area contributed by atoms with Gasteiger partial charge < -0.3 is 4.74 Å². The van der Waals surface area contributed by atoms with Gasteiger partial charge in [-0.15, -0.1) is 6.58 Å². The van der Waals surface area contributed by atoms with Crippen LogP contribution >= 0.6 is 0 Å². The Morgan fingerprint density at radius 3 is 2.67 bits per heavy atom. The second kappa shape index (κ2) is 2.05. The fourth-order valence-electron chi connectivity index (χ4n) is 0.739. The predicted molar refractivity (Wildman–Crippen MR) is 33.5 cm³/mol. The van der Waals surface area contributed by atoms with Gasteiger partial charge in [-0.05, 0) is 6.42 Å². The maximum Gasteiger partial charge on any atom is 0.322 e. The van der Waals surface area contributed by atoms with E-state index in [-0.39, 0.29) is 11.9 Å². The van der Waals surface area contributed by atoms with Crippen LogP contribution in [0.25, 0.3) is 0 Å². The van der Waals surface area contributed by atoms with Crippen LogP contribution in [-0.4, -0.2) is 5.97 Å². The molecule has 0 amide bonds. The van der Waals surface area contributed by atoms with Gasteiger partial charge in [0.15, 0.2) is 0 Å². The Morgan fingerprint density at radius 2 is 2.44 bits per heavy atom. The zero-order valence-corrected chi connectivity index (χ0v) is 5.09. The standard InChI is InChI=1S/C7H8O2/c1-3-4-6-5(2)9-7(6)8/h3,6H,1-2,4H2. The van der Waals surface area contributed by atoms with Gasteiger partial charge in [-0.3, -0.25) is 4.79 Å². The van der Waals surface area contributed by atoms with E-state index in [1.807, 2.05) is 0 Å². The molecule has 1 heterocycles. The van der Waals surface area contributed by atoms with E-state index in [2.05, 4.69) is 17.9 Å². The minimum Gasteiger partial charge on any atom is -0.430 e. The average molecular weight is 124 g/mol. The molecule has 1 fully saturated rings. The molecule has 9 heavy (non-hydrogen) atoms. The van der Waals surface area contributed by atoms with E-state index < -0.39 is 0 Å². The quantitative estimate of drug-likeness (QED) is 0.409. The first-order chi connectivity index (χ1) is 4.25. The third-order valence-corrected chi connectivity index (χ3v) is 1.31. The van der Waals surface area contributed by atoms with Crippen LogP contribution in [0.4, 0.5) is 0 Å². The Kier molecular flexibility index (Phi) is 1.39. The van der Waals surface area contributed by atoms with Crippen molar-refractivity contribution in [3.8, 4) is 0 Å². The molecule has 48 valence electrons. The van der Waals surface area contributed by atoms with Crippen molar-refractivity contribution in [1.29, 1.82) is 0 Å². The number of rotatable bonds is 2. The molecule has 1 aliphatic rings. The lowest BCUT2D eigenvalue weighted by Gasteiger charge is -2.25. The molecule has 0 N–H and O–H groups in total. The normalized spacial score (nSPS) is 24.7. The highest BCUT2D eigenvalue weighted by atomic mass is 16.6. The van der Waals surface area contributed by atoms with Crippen LogP contribution in [0.15, 0.2) is 25.0 Å². The minimum absolute atomic E-state index is 0.109. The van der Waals surface area contributed by atoms with Gasteiger partial charge in [0.05, 0.1) is 0 Å². The first-order valence-electron chi connectivity index (χ1n) is 2.77. The Bertz CT molecular complexity index is 156. The zero-order chi connectivity index (χ0) is 6.85. The Labute approximate surface area is 53.8 Å². The summed E-state index contributed by atoms with van der Waals surface area (Å²) >= 11 is 0. The van der Waals surface area contributed by atoms with Crippen molar-refractivity contribution in [2.45, 2.75) is 6.42 Å². The summed E-state index contributed by atoms with van der Waals surface area (Å²) in [5.41, 5.74) is 0. The van der Waals surface area contributed by atoms with Gasteiger partial charge in [0.1, 0.15) is 11.7 Å². The lowest BCUT2D eigenvalue weighted by atomic mass is 10.00. The van der Waals surface area contributed by atoms with E-state index >= 15 is 0 Å². The molecule has 0 radical (unpaired) electrons. The van der Waals surface area contributed by atoms with Crippen molar-refractivity contribution in [3.63, 3.8) is 0 Å². The molecule has 0 bridgehead atoms. The molecule has 0 spiro atoms.